The van der Waals surface area contributed by atoms with Crippen LogP contribution < -0.4 is 5.32 Å². The molecular formula is C14H20FNO2S. The van der Waals surface area contributed by atoms with E-state index in [1.165, 1.54) is 12.1 Å². The van der Waals surface area contributed by atoms with Crippen molar-refractivity contribution in [2.75, 3.05) is 18.1 Å². The Morgan fingerprint density at radius 2 is 2.05 bits per heavy atom. The summed E-state index contributed by atoms with van der Waals surface area (Å²) in [4.78, 5) is 0. The zero-order valence-corrected chi connectivity index (χ0v) is 11.9. The summed E-state index contributed by atoms with van der Waals surface area (Å²) in [6.07, 6.45) is 1.64. The Morgan fingerprint density at radius 1 is 1.37 bits per heavy atom. The summed E-state index contributed by atoms with van der Waals surface area (Å²) < 4.78 is 35.7. The van der Waals surface area contributed by atoms with Crippen LogP contribution in [-0.2, 0) is 9.84 Å². The van der Waals surface area contributed by atoms with Gasteiger partial charge in [-0.25, -0.2) is 12.8 Å². The second-order valence-electron chi connectivity index (χ2n) is 5.19. The van der Waals surface area contributed by atoms with Crippen LogP contribution in [-0.4, -0.2) is 26.5 Å². The molecule has 19 heavy (non-hydrogen) atoms. The Bertz CT molecular complexity index is 513. The lowest BCUT2D eigenvalue weighted by molar-refractivity contribution is 0.449. The Morgan fingerprint density at radius 3 is 2.58 bits per heavy atom. The predicted octanol–water partition coefficient (Wildman–Crippen LogP) is 2.30. The van der Waals surface area contributed by atoms with Gasteiger partial charge in [-0.2, -0.15) is 0 Å². The quantitative estimate of drug-likeness (QED) is 0.903. The van der Waals surface area contributed by atoms with E-state index in [1.807, 2.05) is 0 Å². The minimum atomic E-state index is -2.81. The van der Waals surface area contributed by atoms with Gasteiger partial charge >= 0.3 is 0 Å². The van der Waals surface area contributed by atoms with E-state index in [0.717, 1.165) is 18.4 Å². The molecule has 1 aliphatic rings. The van der Waals surface area contributed by atoms with Gasteiger partial charge in [0.1, 0.15) is 5.82 Å². The molecule has 0 radical (unpaired) electrons. The molecule has 1 heterocycles. The molecule has 1 fully saturated rings. The van der Waals surface area contributed by atoms with E-state index in [9.17, 15) is 12.8 Å². The van der Waals surface area contributed by atoms with Gasteiger partial charge in [-0.3, -0.25) is 0 Å². The van der Waals surface area contributed by atoms with Crippen LogP contribution in [0.2, 0.25) is 0 Å². The maximum atomic E-state index is 12.9. The normalized spacial score (nSPS) is 23.4. The molecule has 3 nitrogen and oxygen atoms in total. The van der Waals surface area contributed by atoms with Gasteiger partial charge in [-0.15, -0.1) is 0 Å². The molecule has 0 aliphatic carbocycles. The highest BCUT2D eigenvalue weighted by Gasteiger charge is 2.27. The van der Waals surface area contributed by atoms with E-state index in [1.54, 1.807) is 12.1 Å². The number of hydrogen-bond acceptors (Lipinski definition) is 3. The molecule has 0 aromatic heterocycles. The SMILES string of the molecule is CCC(NCC1CCS(=O)(=O)C1)c1ccc(F)cc1. The van der Waals surface area contributed by atoms with Crippen molar-refractivity contribution in [2.45, 2.75) is 25.8 Å². The molecule has 0 bridgehead atoms. The van der Waals surface area contributed by atoms with E-state index in [-0.39, 0.29) is 17.8 Å². The Hall–Kier alpha value is -0.940. The zero-order valence-electron chi connectivity index (χ0n) is 11.1. The maximum absolute atomic E-state index is 12.9. The van der Waals surface area contributed by atoms with Gasteiger partial charge in [0.05, 0.1) is 11.5 Å². The first-order chi connectivity index (χ1) is 9.00. The Labute approximate surface area is 114 Å². The molecule has 0 spiro atoms. The zero-order chi connectivity index (χ0) is 13.9. The maximum Gasteiger partial charge on any atom is 0.150 e. The van der Waals surface area contributed by atoms with Gasteiger partial charge in [0.2, 0.25) is 0 Å². The third kappa shape index (κ3) is 4.01. The fourth-order valence-electron chi connectivity index (χ4n) is 2.53. The summed E-state index contributed by atoms with van der Waals surface area (Å²) in [6.45, 7) is 2.77. The van der Waals surface area contributed by atoms with Crippen molar-refractivity contribution in [1.29, 1.82) is 0 Å². The Balaban J connectivity index is 1.91. The van der Waals surface area contributed by atoms with Crippen molar-refractivity contribution in [3.8, 4) is 0 Å². The summed E-state index contributed by atoms with van der Waals surface area (Å²) in [5.74, 6) is 0.576. The largest absolute Gasteiger partial charge is 0.310 e. The lowest BCUT2D eigenvalue weighted by atomic mass is 10.0. The van der Waals surface area contributed by atoms with Crippen LogP contribution in [0.15, 0.2) is 24.3 Å². The summed E-state index contributed by atoms with van der Waals surface area (Å²) in [5.41, 5.74) is 1.05. The molecule has 1 N–H and O–H groups in total. The highest BCUT2D eigenvalue weighted by Crippen LogP contribution is 2.21. The highest BCUT2D eigenvalue weighted by molar-refractivity contribution is 7.91. The van der Waals surface area contributed by atoms with Gasteiger partial charge in [0.25, 0.3) is 0 Å². The minimum Gasteiger partial charge on any atom is -0.310 e. The lowest BCUT2D eigenvalue weighted by Crippen LogP contribution is -2.27. The average Bonchev–Trinajstić information content (AvgIpc) is 2.72. The first-order valence-corrected chi connectivity index (χ1v) is 8.51. The van der Waals surface area contributed by atoms with E-state index in [2.05, 4.69) is 12.2 Å². The summed E-state index contributed by atoms with van der Waals surface area (Å²) in [7, 11) is -2.81. The minimum absolute atomic E-state index is 0.156. The first-order valence-electron chi connectivity index (χ1n) is 6.69. The van der Waals surface area contributed by atoms with Gasteiger partial charge in [0, 0.05) is 6.04 Å². The van der Waals surface area contributed by atoms with Crippen LogP contribution in [0.25, 0.3) is 0 Å². The Kier molecular flexibility index (Phi) is 4.58. The molecule has 2 atom stereocenters. The van der Waals surface area contributed by atoms with Gasteiger partial charge < -0.3 is 5.32 Å². The summed E-state index contributed by atoms with van der Waals surface area (Å²) >= 11 is 0. The van der Waals surface area contributed by atoms with Crippen molar-refractivity contribution in [3.63, 3.8) is 0 Å². The fourth-order valence-corrected chi connectivity index (χ4v) is 4.40. The molecule has 106 valence electrons. The third-order valence-electron chi connectivity index (χ3n) is 3.66. The molecule has 1 aromatic carbocycles. The van der Waals surface area contributed by atoms with Crippen molar-refractivity contribution >= 4 is 9.84 Å². The summed E-state index contributed by atoms with van der Waals surface area (Å²) in [6, 6.07) is 6.63. The van der Waals surface area contributed by atoms with Crippen LogP contribution in [0, 0.1) is 11.7 Å². The predicted molar refractivity (Wildman–Crippen MR) is 74.2 cm³/mol. The number of hydrogen-bond donors (Lipinski definition) is 1. The number of sulfone groups is 1. The number of halogens is 1. The molecule has 1 saturated heterocycles. The second kappa shape index (κ2) is 6.01. The molecule has 1 aliphatic heterocycles. The first kappa shape index (κ1) is 14.5. The smallest absolute Gasteiger partial charge is 0.150 e. The molecule has 1 aromatic rings. The van der Waals surface area contributed by atoms with Crippen molar-refractivity contribution in [3.05, 3.63) is 35.6 Å². The average molecular weight is 285 g/mol. The fraction of sp³-hybridized carbons (Fsp3) is 0.571. The topological polar surface area (TPSA) is 46.2 Å². The monoisotopic (exact) mass is 285 g/mol. The van der Waals surface area contributed by atoms with Gasteiger partial charge in [-0.1, -0.05) is 19.1 Å². The van der Waals surface area contributed by atoms with Crippen LogP contribution >= 0.6 is 0 Å². The molecular weight excluding hydrogens is 265 g/mol. The van der Waals surface area contributed by atoms with Gasteiger partial charge in [0.15, 0.2) is 9.84 Å². The van der Waals surface area contributed by atoms with Crippen LogP contribution in [0.5, 0.6) is 0 Å². The molecule has 2 rings (SSSR count). The van der Waals surface area contributed by atoms with E-state index in [4.69, 9.17) is 0 Å². The van der Waals surface area contributed by atoms with Crippen LogP contribution in [0.4, 0.5) is 4.39 Å². The van der Waals surface area contributed by atoms with Crippen molar-refractivity contribution in [1.82, 2.24) is 5.32 Å². The lowest BCUT2D eigenvalue weighted by Gasteiger charge is -2.19. The van der Waals surface area contributed by atoms with E-state index < -0.39 is 9.84 Å². The van der Waals surface area contributed by atoms with E-state index in [0.29, 0.717) is 18.1 Å². The van der Waals surface area contributed by atoms with Gasteiger partial charge in [-0.05, 0) is 43.0 Å². The molecule has 2 unspecified atom stereocenters. The second-order valence-corrected chi connectivity index (χ2v) is 7.42. The van der Waals surface area contributed by atoms with Crippen molar-refractivity contribution < 1.29 is 12.8 Å². The van der Waals surface area contributed by atoms with Crippen LogP contribution in [0.1, 0.15) is 31.4 Å². The number of benzene rings is 1. The number of rotatable bonds is 5. The van der Waals surface area contributed by atoms with E-state index >= 15 is 0 Å². The molecule has 5 heteroatoms. The highest BCUT2D eigenvalue weighted by atomic mass is 32.2. The third-order valence-corrected chi connectivity index (χ3v) is 5.50. The molecule has 0 amide bonds. The van der Waals surface area contributed by atoms with Crippen LogP contribution in [0.3, 0.4) is 0 Å². The standard InChI is InChI=1S/C14H20FNO2S/c1-2-14(12-3-5-13(15)6-4-12)16-9-11-7-8-19(17,18)10-11/h3-6,11,14,16H,2,7-10H2,1H3. The summed E-state index contributed by atoms with van der Waals surface area (Å²) in [5, 5.41) is 3.40. The molecule has 0 saturated carbocycles. The number of nitrogens with one attached hydrogen (secondary N) is 1. The van der Waals surface area contributed by atoms with Crippen molar-refractivity contribution in [2.24, 2.45) is 5.92 Å².